The fraction of sp³-hybridized carbons (Fsp3) is 0.525. The van der Waals surface area contributed by atoms with Gasteiger partial charge in [0.25, 0.3) is 0 Å². The number of phenolic OH excluding ortho intramolecular Hbond substituents is 2. The lowest BCUT2D eigenvalue weighted by molar-refractivity contribution is -0.0154. The first-order valence-corrected chi connectivity index (χ1v) is 18.6. The van der Waals surface area contributed by atoms with Crippen LogP contribution in [0.1, 0.15) is 49.3 Å². The third-order valence-corrected chi connectivity index (χ3v) is 9.57. The SMILES string of the molecule is O=C1OC2(c3ccccc31)c1cc3c(O)c(c1Oc1c2cc2c(O)c1COCCOCCOCCOCCOC2)COCCOCCOCCOCCOC3. The number of phenols is 2. The summed E-state index contributed by atoms with van der Waals surface area (Å²) in [6.07, 6.45) is 0. The molecule has 0 saturated heterocycles. The van der Waals surface area contributed by atoms with Gasteiger partial charge in [0, 0.05) is 27.8 Å². The predicted octanol–water partition coefficient (Wildman–Crippen LogP) is 3.86. The molecule has 4 heterocycles. The Morgan fingerprint density at radius 3 is 1.24 bits per heavy atom. The van der Waals surface area contributed by atoms with Gasteiger partial charge in [0.05, 0.1) is 149 Å². The number of aromatic hydroxyl groups is 2. The van der Waals surface area contributed by atoms with Crippen LogP contribution in [-0.2, 0) is 84.1 Å². The van der Waals surface area contributed by atoms with E-state index >= 15 is 0 Å². The van der Waals surface area contributed by atoms with Crippen LogP contribution in [0.3, 0.4) is 0 Å². The van der Waals surface area contributed by atoms with Crippen LogP contribution in [0.15, 0.2) is 36.4 Å². The summed E-state index contributed by atoms with van der Waals surface area (Å²) in [6.45, 7) is 5.22. The maximum Gasteiger partial charge on any atom is 0.340 e. The first-order valence-electron chi connectivity index (χ1n) is 18.6. The number of benzene rings is 3. The van der Waals surface area contributed by atoms with Gasteiger partial charge in [0.15, 0.2) is 5.60 Å². The van der Waals surface area contributed by atoms with Crippen molar-refractivity contribution in [2.24, 2.45) is 0 Å². The molecule has 4 aliphatic heterocycles. The molecule has 4 aliphatic rings. The zero-order valence-electron chi connectivity index (χ0n) is 30.8. The van der Waals surface area contributed by atoms with E-state index in [9.17, 15) is 15.0 Å². The molecular formula is C40H48O15. The Balaban J connectivity index is 1.35. The number of fused-ring (bicyclic) bond motifs is 12. The number of hydrogen-bond donors (Lipinski definition) is 2. The third kappa shape index (κ3) is 8.92. The van der Waals surface area contributed by atoms with Crippen molar-refractivity contribution in [1.82, 2.24) is 0 Å². The van der Waals surface area contributed by atoms with E-state index in [1.807, 2.05) is 12.1 Å². The minimum absolute atomic E-state index is 0.0115. The van der Waals surface area contributed by atoms with Crippen molar-refractivity contribution in [2.45, 2.75) is 32.0 Å². The summed E-state index contributed by atoms with van der Waals surface area (Å²) in [4.78, 5) is 13.8. The molecule has 15 heteroatoms. The zero-order valence-corrected chi connectivity index (χ0v) is 30.8. The second kappa shape index (κ2) is 19.3. The van der Waals surface area contributed by atoms with Crippen LogP contribution in [0.5, 0.6) is 23.0 Å². The Bertz CT molecular complexity index is 1670. The monoisotopic (exact) mass is 768 g/mol. The standard InChI is InChI=1S/C40H48O15/c41-35-27-21-33-37(30(35)25-52-19-15-48-11-7-44-5-9-46-13-17-50-23-27)54-38-31-26-53-20-16-49-12-8-45-6-10-47-14-18-51-24-28(36(31)42)22-34(38)40(33)32-4-2-1-3-29(32)39(43)55-40/h1-4,21-22,41-42H,5-20,23-26H2. The zero-order chi connectivity index (χ0) is 37.9. The predicted molar refractivity (Wildman–Crippen MR) is 192 cm³/mol. The van der Waals surface area contributed by atoms with E-state index in [0.717, 1.165) is 0 Å². The van der Waals surface area contributed by atoms with E-state index < -0.39 is 11.6 Å². The van der Waals surface area contributed by atoms with Crippen molar-refractivity contribution in [3.05, 3.63) is 80.9 Å². The Kier molecular flexibility index (Phi) is 13.8. The lowest BCUT2D eigenvalue weighted by Gasteiger charge is -2.39. The highest BCUT2D eigenvalue weighted by Gasteiger charge is 2.55. The molecule has 3 aromatic rings. The normalized spacial score (nSPS) is 21.0. The van der Waals surface area contributed by atoms with Gasteiger partial charge in [-0.15, -0.1) is 0 Å². The van der Waals surface area contributed by atoms with Crippen molar-refractivity contribution >= 4 is 5.97 Å². The summed E-state index contributed by atoms with van der Waals surface area (Å²) in [5.74, 6) is -0.319. The lowest BCUT2D eigenvalue weighted by Crippen LogP contribution is -2.34. The van der Waals surface area contributed by atoms with E-state index in [4.69, 9.17) is 56.8 Å². The van der Waals surface area contributed by atoms with Crippen molar-refractivity contribution < 1.29 is 71.8 Å². The van der Waals surface area contributed by atoms with Gasteiger partial charge in [-0.3, -0.25) is 0 Å². The lowest BCUT2D eigenvalue weighted by atomic mass is 9.75. The maximum absolute atomic E-state index is 13.8. The number of carbonyl (C=O) groups is 1. The average Bonchev–Trinajstić information content (AvgIpc) is 3.48. The Morgan fingerprint density at radius 1 is 0.455 bits per heavy atom. The van der Waals surface area contributed by atoms with E-state index in [0.29, 0.717) is 111 Å². The molecule has 0 unspecified atom stereocenters. The summed E-state index contributed by atoms with van der Waals surface area (Å²) < 4.78 is 71.1. The molecule has 0 atom stereocenters. The quantitative estimate of drug-likeness (QED) is 0.316. The molecule has 3 aromatic carbocycles. The summed E-state index contributed by atoms with van der Waals surface area (Å²) in [7, 11) is 0. The van der Waals surface area contributed by atoms with Crippen LogP contribution in [0.4, 0.5) is 0 Å². The fourth-order valence-corrected chi connectivity index (χ4v) is 6.92. The molecule has 15 nitrogen and oxygen atoms in total. The summed E-state index contributed by atoms with van der Waals surface area (Å²) >= 11 is 0. The fourth-order valence-electron chi connectivity index (χ4n) is 6.92. The summed E-state index contributed by atoms with van der Waals surface area (Å²) in [6, 6.07) is 10.6. The second-order valence-electron chi connectivity index (χ2n) is 13.1. The smallest absolute Gasteiger partial charge is 0.340 e. The van der Waals surface area contributed by atoms with Gasteiger partial charge in [-0.2, -0.15) is 0 Å². The average molecular weight is 769 g/mol. The number of carbonyl (C=O) groups excluding carboxylic acids is 1. The number of ether oxygens (including phenoxy) is 12. The highest BCUT2D eigenvalue weighted by atomic mass is 16.6. The molecule has 1 spiro atoms. The first-order chi connectivity index (χ1) is 27.1. The second-order valence-corrected chi connectivity index (χ2v) is 13.1. The van der Waals surface area contributed by atoms with Crippen LogP contribution >= 0.6 is 0 Å². The van der Waals surface area contributed by atoms with Crippen molar-refractivity contribution in [1.29, 1.82) is 0 Å². The highest BCUT2D eigenvalue weighted by Crippen LogP contribution is 2.60. The first kappa shape index (κ1) is 39.4. The molecule has 0 saturated carbocycles. The van der Waals surface area contributed by atoms with Gasteiger partial charge < -0.3 is 67.1 Å². The minimum atomic E-state index is -1.57. The molecule has 0 aliphatic carbocycles. The van der Waals surface area contributed by atoms with Crippen LogP contribution in [0.25, 0.3) is 0 Å². The van der Waals surface area contributed by atoms with Gasteiger partial charge in [-0.05, 0) is 18.2 Å². The third-order valence-electron chi connectivity index (χ3n) is 9.57. The molecular weight excluding hydrogens is 720 g/mol. The van der Waals surface area contributed by atoms with Crippen LogP contribution in [0, 0.1) is 0 Å². The van der Waals surface area contributed by atoms with E-state index in [-0.39, 0.29) is 89.1 Å². The molecule has 0 amide bonds. The number of esters is 1. The van der Waals surface area contributed by atoms with E-state index in [1.54, 1.807) is 24.3 Å². The van der Waals surface area contributed by atoms with Crippen LogP contribution < -0.4 is 4.74 Å². The molecule has 2 N–H and O–H groups in total. The molecule has 0 radical (unpaired) electrons. The molecule has 7 rings (SSSR count). The molecule has 0 aromatic heterocycles. The van der Waals surface area contributed by atoms with Gasteiger partial charge >= 0.3 is 5.97 Å². The van der Waals surface area contributed by atoms with Crippen molar-refractivity contribution in [2.75, 3.05) is 106 Å². The van der Waals surface area contributed by atoms with Crippen LogP contribution in [-0.4, -0.2) is 122 Å². The van der Waals surface area contributed by atoms with Crippen molar-refractivity contribution in [3.8, 4) is 23.0 Å². The summed E-state index contributed by atoms with van der Waals surface area (Å²) in [5, 5.41) is 23.7. The van der Waals surface area contributed by atoms with E-state index in [2.05, 4.69) is 0 Å². The number of hydrogen-bond acceptors (Lipinski definition) is 15. The molecule has 4 bridgehead atoms. The van der Waals surface area contributed by atoms with Gasteiger partial charge in [-0.1, -0.05) is 18.2 Å². The van der Waals surface area contributed by atoms with Gasteiger partial charge in [-0.25, -0.2) is 4.79 Å². The maximum atomic E-state index is 13.8. The Hall–Kier alpha value is -3.87. The molecule has 55 heavy (non-hydrogen) atoms. The number of rotatable bonds is 0. The highest BCUT2D eigenvalue weighted by molar-refractivity contribution is 5.97. The Labute approximate surface area is 319 Å². The van der Waals surface area contributed by atoms with Crippen LogP contribution in [0.2, 0.25) is 0 Å². The van der Waals surface area contributed by atoms with Gasteiger partial charge in [0.1, 0.15) is 23.0 Å². The van der Waals surface area contributed by atoms with E-state index in [1.165, 1.54) is 0 Å². The molecule has 0 fully saturated rings. The largest absolute Gasteiger partial charge is 0.507 e. The van der Waals surface area contributed by atoms with Gasteiger partial charge in [0.2, 0.25) is 0 Å². The topological polar surface area (TPSA) is 168 Å². The molecule has 298 valence electrons. The summed E-state index contributed by atoms with van der Waals surface area (Å²) in [5.41, 5.74) is 1.73. The Morgan fingerprint density at radius 2 is 0.818 bits per heavy atom. The minimum Gasteiger partial charge on any atom is -0.507 e. The van der Waals surface area contributed by atoms with Crippen molar-refractivity contribution in [3.63, 3.8) is 0 Å².